The van der Waals surface area contributed by atoms with Gasteiger partial charge in [0, 0.05) is 6.54 Å². The van der Waals surface area contributed by atoms with Gasteiger partial charge >= 0.3 is 5.69 Å². The number of hydrogen-bond donors (Lipinski definition) is 2. The number of nitrogens with one attached hydrogen (secondary N) is 1. The summed E-state index contributed by atoms with van der Waals surface area (Å²) in [6.45, 7) is 5.89. The van der Waals surface area contributed by atoms with Gasteiger partial charge in [-0.3, -0.25) is 14.8 Å². The van der Waals surface area contributed by atoms with Crippen molar-refractivity contribution in [3.8, 4) is 0 Å². The summed E-state index contributed by atoms with van der Waals surface area (Å²) >= 11 is 0. The molecule has 0 aromatic carbocycles. The van der Waals surface area contributed by atoms with Gasteiger partial charge in [-0.2, -0.15) is 5.10 Å². The molecule has 1 aromatic rings. The summed E-state index contributed by atoms with van der Waals surface area (Å²) in [7, 11) is 0. The Kier molecular flexibility index (Phi) is 6.44. The maximum atomic E-state index is 10.5. The number of nitro groups is 1. The molecule has 0 saturated carbocycles. The van der Waals surface area contributed by atoms with Crippen LogP contribution in [0.2, 0.25) is 0 Å². The second-order valence-corrected chi connectivity index (χ2v) is 4.67. The van der Waals surface area contributed by atoms with Gasteiger partial charge in [-0.05, 0) is 12.5 Å². The zero-order valence-electron chi connectivity index (χ0n) is 11.5. The van der Waals surface area contributed by atoms with Crippen LogP contribution in [-0.4, -0.2) is 39.0 Å². The van der Waals surface area contributed by atoms with Gasteiger partial charge in [0.1, 0.15) is 12.4 Å². The van der Waals surface area contributed by atoms with Crippen molar-refractivity contribution in [1.29, 1.82) is 0 Å². The van der Waals surface area contributed by atoms with Crippen molar-refractivity contribution in [2.45, 2.75) is 39.3 Å². The standard InChI is InChI=1S/C12H22N4O3/c1-3-10(4-2)5-13-7-12(17)9-15-8-11(6-14-15)16(18)19/h6,8,10,12-13,17H,3-5,7,9H2,1-2H3. The number of rotatable bonds is 9. The Morgan fingerprint density at radius 3 is 2.68 bits per heavy atom. The Labute approximate surface area is 112 Å². The van der Waals surface area contributed by atoms with Gasteiger partial charge < -0.3 is 10.4 Å². The number of aromatic nitrogens is 2. The van der Waals surface area contributed by atoms with Crippen LogP contribution in [0.4, 0.5) is 5.69 Å². The van der Waals surface area contributed by atoms with Crippen molar-refractivity contribution in [3.63, 3.8) is 0 Å². The third kappa shape index (κ3) is 5.35. The maximum absolute atomic E-state index is 10.5. The lowest BCUT2D eigenvalue weighted by Crippen LogP contribution is -2.33. The van der Waals surface area contributed by atoms with E-state index in [1.54, 1.807) is 0 Å². The molecule has 108 valence electrons. The second kappa shape index (κ2) is 7.85. The summed E-state index contributed by atoms with van der Waals surface area (Å²) in [5, 5.41) is 27.4. The van der Waals surface area contributed by atoms with E-state index >= 15 is 0 Å². The van der Waals surface area contributed by atoms with Crippen LogP contribution in [0.25, 0.3) is 0 Å². The lowest BCUT2D eigenvalue weighted by Gasteiger charge is -2.16. The molecule has 0 aliphatic heterocycles. The Morgan fingerprint density at radius 2 is 2.16 bits per heavy atom. The average molecular weight is 270 g/mol. The molecule has 0 radical (unpaired) electrons. The van der Waals surface area contributed by atoms with E-state index in [2.05, 4.69) is 24.3 Å². The van der Waals surface area contributed by atoms with Crippen LogP contribution in [0.3, 0.4) is 0 Å². The predicted octanol–water partition coefficient (Wildman–Crippen LogP) is 1.18. The third-order valence-corrected chi connectivity index (χ3v) is 3.20. The molecule has 0 amide bonds. The highest BCUT2D eigenvalue weighted by atomic mass is 16.6. The third-order valence-electron chi connectivity index (χ3n) is 3.20. The number of aliphatic hydroxyl groups excluding tert-OH is 1. The fourth-order valence-electron chi connectivity index (χ4n) is 1.86. The molecule has 0 aliphatic carbocycles. The first kappa shape index (κ1) is 15.6. The first-order valence-corrected chi connectivity index (χ1v) is 6.62. The molecule has 19 heavy (non-hydrogen) atoms. The summed E-state index contributed by atoms with van der Waals surface area (Å²) < 4.78 is 1.39. The first-order chi connectivity index (χ1) is 9.06. The SMILES string of the molecule is CCC(CC)CNCC(O)Cn1cc([N+](=O)[O-])cn1. The van der Waals surface area contributed by atoms with Crippen LogP contribution < -0.4 is 5.32 Å². The summed E-state index contributed by atoms with van der Waals surface area (Å²) in [6, 6.07) is 0. The fraction of sp³-hybridized carbons (Fsp3) is 0.750. The monoisotopic (exact) mass is 270 g/mol. The van der Waals surface area contributed by atoms with E-state index in [0.717, 1.165) is 19.4 Å². The Bertz CT molecular complexity index is 390. The maximum Gasteiger partial charge on any atom is 0.306 e. The van der Waals surface area contributed by atoms with Crippen LogP contribution in [-0.2, 0) is 6.54 Å². The van der Waals surface area contributed by atoms with E-state index < -0.39 is 11.0 Å². The lowest BCUT2D eigenvalue weighted by molar-refractivity contribution is -0.385. The molecule has 1 rings (SSSR count). The van der Waals surface area contributed by atoms with Crippen molar-refractivity contribution in [1.82, 2.24) is 15.1 Å². The minimum atomic E-state index is -0.603. The summed E-state index contributed by atoms with van der Waals surface area (Å²) in [5.74, 6) is 0.623. The summed E-state index contributed by atoms with van der Waals surface area (Å²) in [4.78, 5) is 9.99. The van der Waals surface area contributed by atoms with Crippen LogP contribution >= 0.6 is 0 Å². The van der Waals surface area contributed by atoms with Gasteiger partial charge in [0.05, 0.1) is 17.6 Å². The molecule has 1 atom stereocenters. The molecule has 1 heterocycles. The van der Waals surface area contributed by atoms with Gasteiger partial charge in [0.15, 0.2) is 0 Å². The average Bonchev–Trinajstić information content (AvgIpc) is 2.83. The topological polar surface area (TPSA) is 93.2 Å². The number of aliphatic hydroxyl groups is 1. The number of nitrogens with zero attached hydrogens (tertiary/aromatic N) is 3. The molecule has 1 aromatic heterocycles. The zero-order chi connectivity index (χ0) is 14.3. The Hall–Kier alpha value is -1.47. The van der Waals surface area contributed by atoms with Crippen molar-refractivity contribution in [2.75, 3.05) is 13.1 Å². The van der Waals surface area contributed by atoms with E-state index in [9.17, 15) is 15.2 Å². The molecular weight excluding hydrogens is 248 g/mol. The Balaban J connectivity index is 2.30. The minimum Gasteiger partial charge on any atom is -0.390 e. The molecule has 0 fully saturated rings. The van der Waals surface area contributed by atoms with E-state index in [0.29, 0.717) is 12.5 Å². The smallest absolute Gasteiger partial charge is 0.306 e. The molecule has 0 spiro atoms. The first-order valence-electron chi connectivity index (χ1n) is 6.62. The van der Waals surface area contributed by atoms with Crippen molar-refractivity contribution in [2.24, 2.45) is 5.92 Å². The van der Waals surface area contributed by atoms with Crippen LogP contribution in [0.1, 0.15) is 26.7 Å². The highest BCUT2D eigenvalue weighted by Gasteiger charge is 2.12. The van der Waals surface area contributed by atoms with E-state index in [1.807, 2.05) is 0 Å². The van der Waals surface area contributed by atoms with Gasteiger partial charge in [0.25, 0.3) is 0 Å². The molecule has 7 nitrogen and oxygen atoms in total. The summed E-state index contributed by atoms with van der Waals surface area (Å²) in [6.07, 6.45) is 4.14. The summed E-state index contributed by atoms with van der Waals surface area (Å²) in [5.41, 5.74) is -0.0582. The van der Waals surface area contributed by atoms with Crippen LogP contribution in [0.5, 0.6) is 0 Å². The minimum absolute atomic E-state index is 0.0582. The largest absolute Gasteiger partial charge is 0.390 e. The van der Waals surface area contributed by atoms with Crippen LogP contribution in [0.15, 0.2) is 12.4 Å². The second-order valence-electron chi connectivity index (χ2n) is 4.67. The van der Waals surface area contributed by atoms with Crippen molar-refractivity contribution >= 4 is 5.69 Å². The molecule has 2 N–H and O–H groups in total. The van der Waals surface area contributed by atoms with Gasteiger partial charge in [-0.15, -0.1) is 0 Å². The Morgan fingerprint density at radius 1 is 1.47 bits per heavy atom. The highest BCUT2D eigenvalue weighted by Crippen LogP contribution is 2.08. The van der Waals surface area contributed by atoms with Crippen molar-refractivity contribution < 1.29 is 10.0 Å². The molecule has 0 aliphatic rings. The number of hydrogen-bond acceptors (Lipinski definition) is 5. The fourth-order valence-corrected chi connectivity index (χ4v) is 1.86. The van der Waals surface area contributed by atoms with Crippen LogP contribution in [0, 0.1) is 16.0 Å². The quantitative estimate of drug-likeness (QED) is 0.519. The molecule has 0 saturated heterocycles. The van der Waals surface area contributed by atoms with Crippen molar-refractivity contribution in [3.05, 3.63) is 22.5 Å². The predicted molar refractivity (Wildman–Crippen MR) is 71.8 cm³/mol. The highest BCUT2D eigenvalue weighted by molar-refractivity contribution is 5.20. The zero-order valence-corrected chi connectivity index (χ0v) is 11.5. The lowest BCUT2D eigenvalue weighted by atomic mass is 10.0. The molecular formula is C12H22N4O3. The van der Waals surface area contributed by atoms with E-state index in [-0.39, 0.29) is 12.2 Å². The van der Waals surface area contributed by atoms with Gasteiger partial charge in [0.2, 0.25) is 0 Å². The molecule has 0 bridgehead atoms. The molecule has 1 unspecified atom stereocenters. The normalized spacial score (nSPS) is 12.8. The van der Waals surface area contributed by atoms with Gasteiger partial charge in [-0.1, -0.05) is 26.7 Å². The van der Waals surface area contributed by atoms with E-state index in [1.165, 1.54) is 17.1 Å². The molecule has 7 heteroatoms. The van der Waals surface area contributed by atoms with E-state index in [4.69, 9.17) is 0 Å². The van der Waals surface area contributed by atoms with Gasteiger partial charge in [-0.25, -0.2) is 0 Å².